The largest absolute Gasteiger partial charge is 0.388 e. The molecule has 0 aromatic heterocycles. The molecule has 1 fully saturated rings. The molecule has 2 rings (SSSR count). The molecule has 0 saturated heterocycles. The molecular formula is C16H23BrO. The Labute approximate surface area is 119 Å². The van der Waals surface area contributed by atoms with E-state index in [-0.39, 0.29) is 6.10 Å². The number of aryl methyl sites for hydroxylation is 1. The van der Waals surface area contributed by atoms with Crippen molar-refractivity contribution in [3.8, 4) is 0 Å². The maximum atomic E-state index is 10.6. The van der Waals surface area contributed by atoms with Gasteiger partial charge >= 0.3 is 0 Å². The zero-order valence-electron chi connectivity index (χ0n) is 11.3. The highest BCUT2D eigenvalue weighted by Crippen LogP contribution is 2.39. The van der Waals surface area contributed by atoms with Crippen LogP contribution in [0.3, 0.4) is 0 Å². The van der Waals surface area contributed by atoms with E-state index in [4.69, 9.17) is 0 Å². The van der Waals surface area contributed by atoms with Crippen LogP contribution >= 0.6 is 15.9 Å². The number of hydrogen-bond acceptors (Lipinski definition) is 1. The molecule has 1 atom stereocenters. The fraction of sp³-hybridized carbons (Fsp3) is 0.625. The summed E-state index contributed by atoms with van der Waals surface area (Å²) in [5, 5.41) is 10.6. The lowest BCUT2D eigenvalue weighted by atomic mass is 9.76. The monoisotopic (exact) mass is 310 g/mol. The number of benzene rings is 1. The first-order valence-electron chi connectivity index (χ1n) is 7.06. The smallest absolute Gasteiger partial charge is 0.0821 e. The summed E-state index contributed by atoms with van der Waals surface area (Å²) in [5.41, 5.74) is 2.30. The van der Waals surface area contributed by atoms with Gasteiger partial charge < -0.3 is 5.11 Å². The Balaban J connectivity index is 2.07. The van der Waals surface area contributed by atoms with Gasteiger partial charge in [-0.1, -0.05) is 48.2 Å². The summed E-state index contributed by atoms with van der Waals surface area (Å²) in [6, 6.07) is 6.20. The van der Waals surface area contributed by atoms with Crippen LogP contribution in [0.5, 0.6) is 0 Å². The van der Waals surface area contributed by atoms with Gasteiger partial charge in [-0.3, -0.25) is 0 Å². The maximum Gasteiger partial charge on any atom is 0.0821 e. The van der Waals surface area contributed by atoms with E-state index in [9.17, 15) is 5.11 Å². The Morgan fingerprint density at radius 2 is 1.94 bits per heavy atom. The predicted molar refractivity (Wildman–Crippen MR) is 79.6 cm³/mol. The zero-order chi connectivity index (χ0) is 13.1. The average molecular weight is 311 g/mol. The minimum atomic E-state index is -0.291. The van der Waals surface area contributed by atoms with Crippen molar-refractivity contribution >= 4 is 15.9 Å². The number of rotatable bonds is 3. The summed E-state index contributed by atoms with van der Waals surface area (Å²) in [5.74, 6) is 1.33. The van der Waals surface area contributed by atoms with Crippen LogP contribution in [0.2, 0.25) is 0 Å². The third-order valence-electron chi connectivity index (χ3n) is 4.48. The average Bonchev–Trinajstić information content (AvgIpc) is 2.41. The molecule has 0 bridgehead atoms. The minimum Gasteiger partial charge on any atom is -0.388 e. The molecule has 1 saturated carbocycles. The molecule has 1 nitrogen and oxygen atoms in total. The lowest BCUT2D eigenvalue weighted by molar-refractivity contribution is 0.0724. The first-order chi connectivity index (χ1) is 8.61. The van der Waals surface area contributed by atoms with Crippen LogP contribution in [-0.2, 0) is 0 Å². The SMILES string of the molecule is CCC1CCC(C(O)c2cc(Br)ccc2C)CC1. The molecule has 18 heavy (non-hydrogen) atoms. The topological polar surface area (TPSA) is 20.2 Å². The van der Waals surface area contributed by atoms with Gasteiger partial charge in [-0.25, -0.2) is 0 Å². The summed E-state index contributed by atoms with van der Waals surface area (Å²) in [6.45, 7) is 4.36. The summed E-state index contributed by atoms with van der Waals surface area (Å²) in [6.07, 6.45) is 5.91. The summed E-state index contributed by atoms with van der Waals surface area (Å²) < 4.78 is 1.06. The molecule has 1 aromatic carbocycles. The van der Waals surface area contributed by atoms with Crippen LogP contribution in [0.4, 0.5) is 0 Å². The molecule has 1 N–H and O–H groups in total. The third kappa shape index (κ3) is 3.16. The third-order valence-corrected chi connectivity index (χ3v) is 4.97. The van der Waals surface area contributed by atoms with E-state index < -0.39 is 0 Å². The van der Waals surface area contributed by atoms with Crippen LogP contribution in [0.25, 0.3) is 0 Å². The fourth-order valence-corrected chi connectivity index (χ4v) is 3.47. The Morgan fingerprint density at radius 1 is 1.28 bits per heavy atom. The molecule has 1 aliphatic carbocycles. The van der Waals surface area contributed by atoms with Crippen molar-refractivity contribution in [2.75, 3.05) is 0 Å². The Bertz CT molecular complexity index is 394. The van der Waals surface area contributed by atoms with Crippen molar-refractivity contribution in [2.45, 2.75) is 52.1 Å². The summed E-state index contributed by atoms with van der Waals surface area (Å²) >= 11 is 3.50. The van der Waals surface area contributed by atoms with E-state index in [1.54, 1.807) is 0 Å². The van der Waals surface area contributed by atoms with Crippen molar-refractivity contribution in [1.29, 1.82) is 0 Å². The van der Waals surface area contributed by atoms with Crippen LogP contribution in [-0.4, -0.2) is 5.11 Å². The normalized spacial score (nSPS) is 26.0. The van der Waals surface area contributed by atoms with Crippen molar-refractivity contribution in [1.82, 2.24) is 0 Å². The van der Waals surface area contributed by atoms with Crippen molar-refractivity contribution in [2.24, 2.45) is 11.8 Å². The first kappa shape index (κ1) is 14.1. The van der Waals surface area contributed by atoms with Crippen molar-refractivity contribution in [3.05, 3.63) is 33.8 Å². The van der Waals surface area contributed by atoms with Gasteiger partial charge in [0.2, 0.25) is 0 Å². The summed E-state index contributed by atoms with van der Waals surface area (Å²) in [4.78, 5) is 0. The Hall–Kier alpha value is -0.340. The molecular weight excluding hydrogens is 288 g/mol. The van der Waals surface area contributed by atoms with E-state index in [1.165, 1.54) is 37.7 Å². The molecule has 1 aliphatic rings. The van der Waals surface area contributed by atoms with Crippen molar-refractivity contribution in [3.63, 3.8) is 0 Å². The standard InChI is InChI=1S/C16H23BrO/c1-3-12-5-7-13(8-6-12)16(18)15-10-14(17)9-4-11(15)2/h4,9-10,12-13,16,18H,3,5-8H2,1-2H3. The first-order valence-corrected chi connectivity index (χ1v) is 7.85. The van der Waals surface area contributed by atoms with E-state index in [0.717, 1.165) is 16.0 Å². The quantitative estimate of drug-likeness (QED) is 0.832. The second-order valence-corrected chi connectivity index (χ2v) is 6.55. The Morgan fingerprint density at radius 3 is 2.56 bits per heavy atom. The fourth-order valence-electron chi connectivity index (χ4n) is 3.10. The lowest BCUT2D eigenvalue weighted by Crippen LogP contribution is -2.20. The summed E-state index contributed by atoms with van der Waals surface area (Å²) in [7, 11) is 0. The molecule has 0 aliphatic heterocycles. The van der Waals surface area contributed by atoms with Gasteiger partial charge in [0.25, 0.3) is 0 Å². The van der Waals surface area contributed by atoms with Gasteiger partial charge in [0, 0.05) is 4.47 Å². The molecule has 0 radical (unpaired) electrons. The number of aliphatic hydroxyl groups excluding tert-OH is 1. The van der Waals surface area contributed by atoms with Crippen LogP contribution < -0.4 is 0 Å². The van der Waals surface area contributed by atoms with E-state index in [2.05, 4.69) is 41.9 Å². The van der Waals surface area contributed by atoms with Crippen LogP contribution in [0, 0.1) is 18.8 Å². The highest BCUT2D eigenvalue weighted by molar-refractivity contribution is 9.10. The predicted octanol–water partition coefficient (Wildman–Crippen LogP) is 5.01. The second kappa shape index (κ2) is 6.21. The van der Waals surface area contributed by atoms with Gasteiger partial charge in [-0.2, -0.15) is 0 Å². The van der Waals surface area contributed by atoms with E-state index in [0.29, 0.717) is 5.92 Å². The highest BCUT2D eigenvalue weighted by Gasteiger charge is 2.27. The maximum absolute atomic E-state index is 10.6. The number of halogens is 1. The minimum absolute atomic E-state index is 0.291. The van der Waals surface area contributed by atoms with Gasteiger partial charge in [-0.05, 0) is 54.9 Å². The molecule has 0 heterocycles. The van der Waals surface area contributed by atoms with Crippen LogP contribution in [0.15, 0.2) is 22.7 Å². The molecule has 2 heteroatoms. The second-order valence-electron chi connectivity index (χ2n) is 5.63. The molecule has 100 valence electrons. The van der Waals surface area contributed by atoms with Gasteiger partial charge in [0.05, 0.1) is 6.10 Å². The number of hydrogen-bond donors (Lipinski definition) is 1. The van der Waals surface area contributed by atoms with Gasteiger partial charge in [0.15, 0.2) is 0 Å². The van der Waals surface area contributed by atoms with Crippen molar-refractivity contribution < 1.29 is 5.11 Å². The zero-order valence-corrected chi connectivity index (χ0v) is 12.9. The van der Waals surface area contributed by atoms with Gasteiger partial charge in [0.1, 0.15) is 0 Å². The van der Waals surface area contributed by atoms with Gasteiger partial charge in [-0.15, -0.1) is 0 Å². The molecule has 1 unspecified atom stereocenters. The van der Waals surface area contributed by atoms with E-state index in [1.807, 2.05) is 6.07 Å². The van der Waals surface area contributed by atoms with E-state index >= 15 is 0 Å². The molecule has 0 amide bonds. The van der Waals surface area contributed by atoms with Crippen LogP contribution in [0.1, 0.15) is 56.3 Å². The number of aliphatic hydroxyl groups is 1. The molecule has 1 aromatic rings. The Kier molecular flexibility index (Phi) is 4.85. The lowest BCUT2D eigenvalue weighted by Gasteiger charge is -2.31. The molecule has 0 spiro atoms. The highest BCUT2D eigenvalue weighted by atomic mass is 79.9.